The van der Waals surface area contributed by atoms with Gasteiger partial charge in [-0.3, -0.25) is 9.69 Å². The van der Waals surface area contributed by atoms with Crippen molar-refractivity contribution in [2.24, 2.45) is 0 Å². The zero-order valence-corrected chi connectivity index (χ0v) is 16.2. The van der Waals surface area contributed by atoms with Crippen LogP contribution in [0.5, 0.6) is 5.75 Å². The molecule has 26 heavy (non-hydrogen) atoms. The van der Waals surface area contributed by atoms with Gasteiger partial charge in [0, 0.05) is 0 Å². The van der Waals surface area contributed by atoms with Crippen molar-refractivity contribution >= 4 is 5.91 Å². The monoisotopic (exact) mass is 354 g/mol. The first-order valence-corrected chi connectivity index (χ1v) is 9.42. The molecule has 0 heterocycles. The molecule has 0 saturated carbocycles. The number of amides is 1. The van der Waals surface area contributed by atoms with Gasteiger partial charge in [0.2, 0.25) is 5.91 Å². The van der Waals surface area contributed by atoms with Crippen molar-refractivity contribution in [1.82, 2.24) is 10.2 Å². The highest BCUT2D eigenvalue weighted by molar-refractivity contribution is 5.83. The lowest BCUT2D eigenvalue weighted by molar-refractivity contribution is -0.127. The first-order chi connectivity index (χ1) is 12.6. The molecule has 2 atom stereocenters. The minimum Gasteiger partial charge on any atom is -0.494 e. The third-order valence-electron chi connectivity index (χ3n) is 4.59. The van der Waals surface area contributed by atoms with E-state index in [4.69, 9.17) is 4.74 Å². The van der Waals surface area contributed by atoms with Gasteiger partial charge in [-0.1, -0.05) is 56.3 Å². The molecule has 0 aliphatic carbocycles. The van der Waals surface area contributed by atoms with E-state index in [1.807, 2.05) is 68.4 Å². The van der Waals surface area contributed by atoms with Gasteiger partial charge in [-0.15, -0.1) is 0 Å². The lowest BCUT2D eigenvalue weighted by Gasteiger charge is -2.30. The van der Waals surface area contributed by atoms with Crippen molar-refractivity contribution in [3.05, 3.63) is 65.7 Å². The molecule has 4 nitrogen and oxygen atoms in total. The molecule has 0 fully saturated rings. The predicted molar refractivity (Wildman–Crippen MR) is 106 cm³/mol. The summed E-state index contributed by atoms with van der Waals surface area (Å²) < 4.78 is 5.48. The summed E-state index contributed by atoms with van der Waals surface area (Å²) in [6.07, 6.45) is 0. The smallest absolute Gasteiger partial charge is 0.242 e. The summed E-state index contributed by atoms with van der Waals surface area (Å²) in [7, 11) is 0. The Labute approximate surface area is 157 Å². The molecule has 2 aromatic carbocycles. The van der Waals surface area contributed by atoms with E-state index in [1.54, 1.807) is 0 Å². The Morgan fingerprint density at radius 2 is 1.58 bits per heavy atom. The van der Waals surface area contributed by atoms with Crippen LogP contribution in [0.1, 0.15) is 50.9 Å². The molecule has 2 rings (SSSR count). The van der Waals surface area contributed by atoms with Crippen LogP contribution < -0.4 is 10.1 Å². The predicted octanol–water partition coefficient (Wildman–Crippen LogP) is 4.35. The van der Waals surface area contributed by atoms with Crippen LogP contribution in [0.15, 0.2) is 54.6 Å². The van der Waals surface area contributed by atoms with Crippen LogP contribution in [0.25, 0.3) is 0 Å². The summed E-state index contributed by atoms with van der Waals surface area (Å²) in [6.45, 7) is 10.4. The molecule has 2 unspecified atom stereocenters. The third-order valence-corrected chi connectivity index (χ3v) is 4.59. The largest absolute Gasteiger partial charge is 0.494 e. The van der Waals surface area contributed by atoms with Crippen molar-refractivity contribution < 1.29 is 9.53 Å². The molecule has 0 saturated heterocycles. The topological polar surface area (TPSA) is 41.6 Å². The number of nitrogens with zero attached hydrogens (tertiary/aromatic N) is 1. The van der Waals surface area contributed by atoms with E-state index < -0.39 is 0 Å². The summed E-state index contributed by atoms with van der Waals surface area (Å²) in [6, 6.07) is 17.5. The highest BCUT2D eigenvalue weighted by atomic mass is 16.5. The molecule has 2 aromatic rings. The number of hydrogen-bond donors (Lipinski definition) is 1. The Bertz CT molecular complexity index is 666. The molecule has 0 bridgehead atoms. The maximum atomic E-state index is 13.1. The molecule has 140 valence electrons. The fraction of sp³-hybridized carbons (Fsp3) is 0.409. The first-order valence-electron chi connectivity index (χ1n) is 9.42. The number of carbonyl (C=O) groups is 1. The summed E-state index contributed by atoms with van der Waals surface area (Å²) in [5.41, 5.74) is 2.08. The van der Waals surface area contributed by atoms with Crippen molar-refractivity contribution in [2.45, 2.75) is 39.8 Å². The molecule has 4 heteroatoms. The number of hydrogen-bond acceptors (Lipinski definition) is 3. The molecule has 0 aromatic heterocycles. The van der Waals surface area contributed by atoms with Crippen molar-refractivity contribution in [1.29, 1.82) is 0 Å². The highest BCUT2D eigenvalue weighted by Gasteiger charge is 2.26. The van der Waals surface area contributed by atoms with Gasteiger partial charge < -0.3 is 10.1 Å². The van der Waals surface area contributed by atoms with Crippen LogP contribution in [0.2, 0.25) is 0 Å². The van der Waals surface area contributed by atoms with Crippen LogP contribution in [-0.2, 0) is 4.79 Å². The molecule has 0 aliphatic rings. The van der Waals surface area contributed by atoms with Crippen LogP contribution in [-0.4, -0.2) is 30.5 Å². The fourth-order valence-corrected chi connectivity index (χ4v) is 3.15. The van der Waals surface area contributed by atoms with Crippen molar-refractivity contribution in [2.75, 3.05) is 19.7 Å². The van der Waals surface area contributed by atoms with Gasteiger partial charge in [-0.25, -0.2) is 0 Å². The van der Waals surface area contributed by atoms with Crippen molar-refractivity contribution in [3.8, 4) is 5.75 Å². The number of ether oxygens (including phenoxy) is 1. The number of benzene rings is 2. The normalized spacial score (nSPS) is 13.3. The third kappa shape index (κ3) is 5.09. The standard InChI is InChI=1S/C22H30N2O2/c1-5-24(6-2)21(19-11-9-8-10-12-19)22(25)23-17(4)18-13-15-20(16-14-18)26-7-3/h8-17,21H,5-7H2,1-4H3,(H,23,25). The van der Waals surface area contributed by atoms with Crippen LogP contribution >= 0.6 is 0 Å². The lowest BCUT2D eigenvalue weighted by Crippen LogP contribution is -2.41. The molecule has 1 amide bonds. The number of likely N-dealkylation sites (N-methyl/N-ethyl adjacent to an activating group) is 1. The first kappa shape index (κ1) is 20.0. The van der Waals surface area contributed by atoms with Gasteiger partial charge in [0.1, 0.15) is 11.8 Å². The Morgan fingerprint density at radius 3 is 2.12 bits per heavy atom. The Balaban J connectivity index is 2.15. The maximum absolute atomic E-state index is 13.1. The molecular weight excluding hydrogens is 324 g/mol. The maximum Gasteiger partial charge on any atom is 0.242 e. The van der Waals surface area contributed by atoms with Crippen LogP contribution in [0, 0.1) is 0 Å². The lowest BCUT2D eigenvalue weighted by atomic mass is 10.0. The van der Waals surface area contributed by atoms with Gasteiger partial charge in [0.05, 0.1) is 12.6 Å². The van der Waals surface area contributed by atoms with Crippen LogP contribution in [0.4, 0.5) is 0 Å². The van der Waals surface area contributed by atoms with Gasteiger partial charge in [-0.05, 0) is 50.2 Å². The van der Waals surface area contributed by atoms with Gasteiger partial charge in [0.25, 0.3) is 0 Å². The SMILES string of the molecule is CCOc1ccc(C(C)NC(=O)C(c2ccccc2)N(CC)CC)cc1. The molecule has 1 N–H and O–H groups in total. The number of nitrogens with one attached hydrogen (secondary N) is 1. The number of carbonyl (C=O) groups excluding carboxylic acids is 1. The molecule has 0 aliphatic heterocycles. The minimum atomic E-state index is -0.281. The Morgan fingerprint density at radius 1 is 0.962 bits per heavy atom. The van der Waals surface area contributed by atoms with Crippen molar-refractivity contribution in [3.63, 3.8) is 0 Å². The highest BCUT2D eigenvalue weighted by Crippen LogP contribution is 2.23. The molecular formula is C22H30N2O2. The van der Waals surface area contributed by atoms with Gasteiger partial charge in [0.15, 0.2) is 0 Å². The summed E-state index contributed by atoms with van der Waals surface area (Å²) in [5.74, 6) is 0.876. The quantitative estimate of drug-likeness (QED) is 0.728. The summed E-state index contributed by atoms with van der Waals surface area (Å²) >= 11 is 0. The van der Waals surface area contributed by atoms with E-state index in [1.165, 1.54) is 0 Å². The van der Waals surface area contributed by atoms with E-state index >= 15 is 0 Å². The second-order valence-electron chi connectivity index (χ2n) is 6.27. The zero-order chi connectivity index (χ0) is 18.9. The van der Waals surface area contributed by atoms with E-state index in [0.29, 0.717) is 6.61 Å². The molecule has 0 spiro atoms. The molecule has 0 radical (unpaired) electrons. The fourth-order valence-electron chi connectivity index (χ4n) is 3.15. The van der Waals surface area contributed by atoms with Gasteiger partial charge >= 0.3 is 0 Å². The van der Waals surface area contributed by atoms with Gasteiger partial charge in [-0.2, -0.15) is 0 Å². The number of rotatable bonds is 9. The van der Waals surface area contributed by atoms with E-state index in [-0.39, 0.29) is 18.0 Å². The zero-order valence-electron chi connectivity index (χ0n) is 16.2. The van der Waals surface area contributed by atoms with E-state index in [0.717, 1.165) is 30.0 Å². The minimum absolute atomic E-state index is 0.0290. The Hall–Kier alpha value is -2.33. The summed E-state index contributed by atoms with van der Waals surface area (Å²) in [5, 5.41) is 3.17. The van der Waals surface area contributed by atoms with E-state index in [2.05, 4.69) is 24.1 Å². The average molecular weight is 354 g/mol. The second-order valence-corrected chi connectivity index (χ2v) is 6.27. The average Bonchev–Trinajstić information content (AvgIpc) is 2.67. The van der Waals surface area contributed by atoms with E-state index in [9.17, 15) is 4.79 Å². The summed E-state index contributed by atoms with van der Waals surface area (Å²) in [4.78, 5) is 15.3. The van der Waals surface area contributed by atoms with Crippen LogP contribution in [0.3, 0.4) is 0 Å². The Kier molecular flexibility index (Phi) is 7.67. The second kappa shape index (κ2) is 9.97.